The van der Waals surface area contributed by atoms with E-state index in [2.05, 4.69) is 50.4 Å². The first-order valence-electron chi connectivity index (χ1n) is 6.46. The largest absolute Gasteiger partial charge is 0.335 e. The Morgan fingerprint density at radius 2 is 2.00 bits per heavy atom. The topological polar surface area (TPSA) is 65.7 Å². The van der Waals surface area contributed by atoms with E-state index in [9.17, 15) is 0 Å². The average molecular weight is 263 g/mol. The first-order valence-corrected chi connectivity index (χ1v) is 6.46. The zero-order chi connectivity index (χ0) is 13.8. The summed E-state index contributed by atoms with van der Waals surface area (Å²) in [5.41, 5.74) is 2.86. The van der Waals surface area contributed by atoms with Gasteiger partial charge in [-0.15, -0.1) is 10.2 Å². The Morgan fingerprint density at radius 3 is 2.60 bits per heavy atom. The van der Waals surface area contributed by atoms with Gasteiger partial charge in [-0.3, -0.25) is 0 Å². The molecule has 0 spiro atoms. The fraction of sp³-hybridized carbons (Fsp3) is 0.200. The van der Waals surface area contributed by atoms with E-state index in [0.717, 1.165) is 19.5 Å². The van der Waals surface area contributed by atoms with E-state index in [-0.39, 0.29) is 5.69 Å². The number of hydrogen-bond donors (Lipinski definition) is 0. The summed E-state index contributed by atoms with van der Waals surface area (Å²) in [6.45, 7) is 1.62. The Morgan fingerprint density at radius 1 is 1.15 bits per heavy atom. The van der Waals surface area contributed by atoms with Crippen molar-refractivity contribution in [2.24, 2.45) is 0 Å². The highest BCUT2D eigenvalue weighted by atomic mass is 15.3. The van der Waals surface area contributed by atoms with Crippen LogP contribution in [0.4, 0.5) is 5.95 Å². The van der Waals surface area contributed by atoms with E-state index in [1.165, 1.54) is 17.3 Å². The molecule has 0 aliphatic carbocycles. The van der Waals surface area contributed by atoms with Gasteiger partial charge in [-0.25, -0.2) is 4.98 Å². The predicted molar refractivity (Wildman–Crippen MR) is 75.8 cm³/mol. The van der Waals surface area contributed by atoms with Crippen LogP contribution in [0.3, 0.4) is 0 Å². The van der Waals surface area contributed by atoms with Gasteiger partial charge in [0.05, 0.1) is 6.20 Å². The molecule has 5 nitrogen and oxygen atoms in total. The molecule has 0 unspecified atom stereocenters. The van der Waals surface area contributed by atoms with Crippen molar-refractivity contribution in [2.75, 3.05) is 18.0 Å². The molecule has 1 aliphatic heterocycles. The highest BCUT2D eigenvalue weighted by molar-refractivity contribution is 5.67. The zero-order valence-corrected chi connectivity index (χ0v) is 10.9. The van der Waals surface area contributed by atoms with Gasteiger partial charge in [0.2, 0.25) is 5.95 Å². The first kappa shape index (κ1) is 12.3. The van der Waals surface area contributed by atoms with Crippen LogP contribution >= 0.6 is 0 Å². The van der Waals surface area contributed by atoms with Crippen LogP contribution < -0.4 is 4.90 Å². The number of benzene rings is 1. The summed E-state index contributed by atoms with van der Waals surface area (Å²) in [7, 11) is 0. The molecule has 1 aromatic carbocycles. The summed E-state index contributed by atoms with van der Waals surface area (Å²) >= 11 is 0. The van der Waals surface area contributed by atoms with Crippen LogP contribution in [0.1, 0.15) is 17.7 Å². The van der Waals surface area contributed by atoms with Crippen LogP contribution in [0.15, 0.2) is 42.6 Å². The Balaban J connectivity index is 1.74. The van der Waals surface area contributed by atoms with Crippen molar-refractivity contribution in [3.8, 4) is 6.07 Å². The molecule has 0 fully saturated rings. The van der Waals surface area contributed by atoms with Gasteiger partial charge in [0, 0.05) is 13.1 Å². The predicted octanol–water partition coefficient (Wildman–Crippen LogP) is 2.04. The smallest absolute Gasteiger partial charge is 0.245 e. The van der Waals surface area contributed by atoms with Crippen molar-refractivity contribution >= 4 is 11.5 Å². The second-order valence-corrected chi connectivity index (χ2v) is 4.55. The molecule has 2 aromatic rings. The number of nitriles is 1. The molecule has 98 valence electrons. The lowest BCUT2D eigenvalue weighted by Crippen LogP contribution is -2.30. The molecule has 1 aromatic heterocycles. The van der Waals surface area contributed by atoms with Crippen LogP contribution in [-0.4, -0.2) is 28.3 Å². The molecule has 20 heavy (non-hydrogen) atoms. The third-order valence-electron chi connectivity index (χ3n) is 3.30. The highest BCUT2D eigenvalue weighted by Gasteiger charge is 2.15. The second-order valence-electron chi connectivity index (χ2n) is 4.55. The maximum Gasteiger partial charge on any atom is 0.245 e. The van der Waals surface area contributed by atoms with Crippen molar-refractivity contribution in [2.45, 2.75) is 6.42 Å². The van der Waals surface area contributed by atoms with Gasteiger partial charge < -0.3 is 4.90 Å². The molecule has 5 heteroatoms. The van der Waals surface area contributed by atoms with Crippen LogP contribution in [0, 0.1) is 11.3 Å². The maximum absolute atomic E-state index is 8.68. The minimum absolute atomic E-state index is 0.242. The van der Waals surface area contributed by atoms with Crippen molar-refractivity contribution < 1.29 is 0 Å². The number of hydrogen-bond acceptors (Lipinski definition) is 5. The Hall–Kier alpha value is -2.74. The average Bonchev–Trinajstić information content (AvgIpc) is 2.56. The van der Waals surface area contributed by atoms with Crippen molar-refractivity contribution in [1.29, 1.82) is 5.26 Å². The van der Waals surface area contributed by atoms with Crippen LogP contribution in [0.5, 0.6) is 0 Å². The number of nitrogens with zero attached hydrogens (tertiary/aromatic N) is 5. The summed E-state index contributed by atoms with van der Waals surface area (Å²) in [5, 5.41) is 16.5. The monoisotopic (exact) mass is 263 g/mol. The lowest BCUT2D eigenvalue weighted by molar-refractivity contribution is 0.772. The van der Waals surface area contributed by atoms with Crippen molar-refractivity contribution in [3.63, 3.8) is 0 Å². The standard InChI is InChI=1S/C15H13N5/c16-10-14-11-17-15(19-18-14)20-8-6-13(7-9-20)12-4-2-1-3-5-12/h1-6,11H,7-9H2. The fourth-order valence-electron chi connectivity index (χ4n) is 2.23. The van der Waals surface area contributed by atoms with E-state index >= 15 is 0 Å². The summed E-state index contributed by atoms with van der Waals surface area (Å²) < 4.78 is 0. The van der Waals surface area contributed by atoms with E-state index in [4.69, 9.17) is 5.26 Å². The van der Waals surface area contributed by atoms with E-state index in [1.807, 2.05) is 12.1 Å². The number of aromatic nitrogens is 3. The lowest BCUT2D eigenvalue weighted by atomic mass is 10.00. The SMILES string of the molecule is N#Cc1cnc(N2CC=C(c3ccccc3)CC2)nn1. The first-order chi connectivity index (χ1) is 9.86. The molecule has 0 atom stereocenters. The van der Waals surface area contributed by atoms with E-state index in [1.54, 1.807) is 0 Å². The van der Waals surface area contributed by atoms with Gasteiger partial charge in [-0.05, 0) is 17.6 Å². The Kier molecular flexibility index (Phi) is 3.38. The summed E-state index contributed by atoms with van der Waals surface area (Å²) in [4.78, 5) is 6.23. The maximum atomic E-state index is 8.68. The molecule has 0 saturated carbocycles. The second kappa shape index (κ2) is 5.49. The lowest BCUT2D eigenvalue weighted by Gasteiger charge is -2.26. The molecule has 0 amide bonds. The van der Waals surface area contributed by atoms with E-state index < -0.39 is 0 Å². The molecule has 0 radical (unpaired) electrons. The molecule has 3 rings (SSSR count). The van der Waals surface area contributed by atoms with Crippen molar-refractivity contribution in [1.82, 2.24) is 15.2 Å². The molecule has 1 aliphatic rings. The van der Waals surface area contributed by atoms with Gasteiger partial charge in [0.15, 0.2) is 5.69 Å². The minimum Gasteiger partial charge on any atom is -0.335 e. The summed E-state index contributed by atoms with van der Waals surface area (Å²) in [6.07, 6.45) is 4.60. The molecular formula is C15H13N5. The third-order valence-corrected chi connectivity index (χ3v) is 3.30. The molecule has 2 heterocycles. The minimum atomic E-state index is 0.242. The van der Waals surface area contributed by atoms with Crippen LogP contribution in [0.2, 0.25) is 0 Å². The Labute approximate surface area is 117 Å². The highest BCUT2D eigenvalue weighted by Crippen LogP contribution is 2.23. The van der Waals surface area contributed by atoms with Gasteiger partial charge in [-0.2, -0.15) is 5.26 Å². The number of rotatable bonds is 2. The summed E-state index contributed by atoms with van der Waals surface area (Å²) in [5.74, 6) is 0.576. The Bertz CT molecular complexity index is 655. The summed E-state index contributed by atoms with van der Waals surface area (Å²) in [6, 6.07) is 12.3. The van der Waals surface area contributed by atoms with Crippen LogP contribution in [-0.2, 0) is 0 Å². The molecule has 0 N–H and O–H groups in total. The van der Waals surface area contributed by atoms with Gasteiger partial charge in [-0.1, -0.05) is 36.4 Å². The van der Waals surface area contributed by atoms with Crippen molar-refractivity contribution in [3.05, 3.63) is 53.9 Å². The molecular weight excluding hydrogens is 250 g/mol. The van der Waals surface area contributed by atoms with E-state index in [0.29, 0.717) is 5.95 Å². The number of anilines is 1. The zero-order valence-electron chi connectivity index (χ0n) is 10.9. The quantitative estimate of drug-likeness (QED) is 0.829. The fourth-order valence-corrected chi connectivity index (χ4v) is 2.23. The molecule has 0 saturated heterocycles. The molecule has 0 bridgehead atoms. The normalized spacial score (nSPS) is 14.6. The van der Waals surface area contributed by atoms with Crippen LogP contribution in [0.25, 0.3) is 5.57 Å². The third kappa shape index (κ3) is 2.50. The van der Waals surface area contributed by atoms with Gasteiger partial charge >= 0.3 is 0 Å². The van der Waals surface area contributed by atoms with Gasteiger partial charge in [0.1, 0.15) is 6.07 Å². The van der Waals surface area contributed by atoms with Gasteiger partial charge in [0.25, 0.3) is 0 Å².